The van der Waals surface area contributed by atoms with Crippen LogP contribution in [-0.2, 0) is 0 Å². The number of hydrogen-bond acceptors (Lipinski definition) is 3. The molecular formula is C22H28FN3O. The van der Waals surface area contributed by atoms with E-state index >= 15 is 0 Å². The van der Waals surface area contributed by atoms with Gasteiger partial charge in [-0.25, -0.2) is 9.37 Å². The average molecular weight is 369 g/mol. The lowest BCUT2D eigenvalue weighted by molar-refractivity contribution is 0.0942. The number of pyridine rings is 1. The predicted molar refractivity (Wildman–Crippen MR) is 107 cm³/mol. The van der Waals surface area contributed by atoms with Gasteiger partial charge in [0.05, 0.1) is 5.56 Å². The molecule has 1 saturated carbocycles. The normalized spacial score (nSPS) is 15.0. The minimum absolute atomic E-state index is 0.0610. The summed E-state index contributed by atoms with van der Waals surface area (Å²) in [6.45, 7) is 4.85. The van der Waals surface area contributed by atoms with E-state index in [9.17, 15) is 9.18 Å². The van der Waals surface area contributed by atoms with Gasteiger partial charge in [0.25, 0.3) is 5.91 Å². The van der Waals surface area contributed by atoms with Gasteiger partial charge in [0.15, 0.2) is 0 Å². The van der Waals surface area contributed by atoms with E-state index in [0.717, 1.165) is 12.1 Å². The number of hydrogen-bond donors (Lipinski definition) is 2. The Morgan fingerprint density at radius 2 is 2.00 bits per heavy atom. The number of amides is 1. The fraction of sp³-hybridized carbons (Fsp3) is 0.455. The first-order valence-corrected chi connectivity index (χ1v) is 9.83. The topological polar surface area (TPSA) is 54.0 Å². The van der Waals surface area contributed by atoms with Gasteiger partial charge in [-0.05, 0) is 54.5 Å². The number of nitrogens with zero attached hydrogens (tertiary/aromatic N) is 1. The molecule has 2 aromatic rings. The SMILES string of the molecule is CC(C)c1cc(Nc2cccc(F)c2)ncc1C(=O)NCC1CCCCC1. The zero-order valence-corrected chi connectivity index (χ0v) is 16.1. The van der Waals surface area contributed by atoms with Crippen molar-refractivity contribution in [1.29, 1.82) is 0 Å². The van der Waals surface area contributed by atoms with E-state index in [-0.39, 0.29) is 17.6 Å². The summed E-state index contributed by atoms with van der Waals surface area (Å²) in [6, 6.07) is 8.13. The molecule has 0 spiro atoms. The molecule has 4 nitrogen and oxygen atoms in total. The molecular weight excluding hydrogens is 341 g/mol. The van der Waals surface area contributed by atoms with E-state index < -0.39 is 0 Å². The molecule has 0 saturated heterocycles. The first-order chi connectivity index (χ1) is 13.0. The van der Waals surface area contributed by atoms with Crippen LogP contribution >= 0.6 is 0 Å². The second-order valence-electron chi connectivity index (χ2n) is 7.66. The standard InChI is InChI=1S/C22H28FN3O/c1-15(2)19-12-21(26-18-10-6-9-17(23)11-18)24-14-20(19)22(27)25-13-16-7-4-3-5-8-16/h6,9-12,14-16H,3-5,7-8,13H2,1-2H3,(H,24,26)(H,25,27). The van der Waals surface area contributed by atoms with Crippen molar-refractivity contribution in [3.05, 3.63) is 53.5 Å². The maximum absolute atomic E-state index is 13.4. The van der Waals surface area contributed by atoms with Crippen LogP contribution in [0.15, 0.2) is 36.5 Å². The third-order valence-corrected chi connectivity index (χ3v) is 5.18. The van der Waals surface area contributed by atoms with Crippen molar-refractivity contribution in [2.24, 2.45) is 5.92 Å². The molecule has 5 heteroatoms. The summed E-state index contributed by atoms with van der Waals surface area (Å²) in [4.78, 5) is 17.1. The maximum atomic E-state index is 13.4. The second-order valence-corrected chi connectivity index (χ2v) is 7.66. The fourth-order valence-corrected chi connectivity index (χ4v) is 3.64. The highest BCUT2D eigenvalue weighted by Gasteiger charge is 2.18. The van der Waals surface area contributed by atoms with Crippen molar-refractivity contribution in [3.8, 4) is 0 Å². The highest BCUT2D eigenvalue weighted by molar-refractivity contribution is 5.95. The third-order valence-electron chi connectivity index (χ3n) is 5.18. The molecule has 1 heterocycles. The Bertz CT molecular complexity index is 785. The highest BCUT2D eigenvalue weighted by atomic mass is 19.1. The summed E-state index contributed by atoms with van der Waals surface area (Å²) in [5, 5.41) is 6.20. The van der Waals surface area contributed by atoms with Gasteiger partial charge in [0.1, 0.15) is 11.6 Å². The van der Waals surface area contributed by atoms with E-state index in [4.69, 9.17) is 0 Å². The van der Waals surface area contributed by atoms with E-state index in [2.05, 4.69) is 29.5 Å². The fourth-order valence-electron chi connectivity index (χ4n) is 3.64. The van der Waals surface area contributed by atoms with Crippen LogP contribution in [0, 0.1) is 11.7 Å². The summed E-state index contributed by atoms with van der Waals surface area (Å²) >= 11 is 0. The lowest BCUT2D eigenvalue weighted by Gasteiger charge is -2.22. The molecule has 1 aliphatic rings. The largest absolute Gasteiger partial charge is 0.352 e. The number of nitrogens with one attached hydrogen (secondary N) is 2. The molecule has 0 radical (unpaired) electrons. The van der Waals surface area contributed by atoms with Crippen molar-refractivity contribution in [3.63, 3.8) is 0 Å². The van der Waals surface area contributed by atoms with E-state index in [1.807, 2.05) is 6.07 Å². The molecule has 0 aliphatic heterocycles. The molecule has 1 amide bonds. The van der Waals surface area contributed by atoms with Gasteiger partial charge in [-0.3, -0.25) is 4.79 Å². The Labute approximate surface area is 160 Å². The van der Waals surface area contributed by atoms with Crippen molar-refractivity contribution >= 4 is 17.4 Å². The molecule has 1 aromatic heterocycles. The summed E-state index contributed by atoms with van der Waals surface area (Å²) in [6.07, 6.45) is 7.86. The first kappa shape index (κ1) is 19.3. The summed E-state index contributed by atoms with van der Waals surface area (Å²) < 4.78 is 13.4. The van der Waals surface area contributed by atoms with E-state index in [0.29, 0.717) is 23.0 Å². The van der Waals surface area contributed by atoms with Gasteiger partial charge in [0.2, 0.25) is 0 Å². The molecule has 3 rings (SSSR count). The van der Waals surface area contributed by atoms with Gasteiger partial charge in [-0.2, -0.15) is 0 Å². The first-order valence-electron chi connectivity index (χ1n) is 9.83. The predicted octanol–water partition coefficient (Wildman–Crippen LogP) is 5.40. The third kappa shape index (κ3) is 5.28. The van der Waals surface area contributed by atoms with Gasteiger partial charge in [0, 0.05) is 18.4 Å². The zero-order valence-electron chi connectivity index (χ0n) is 16.1. The van der Waals surface area contributed by atoms with Gasteiger partial charge in [-0.15, -0.1) is 0 Å². The van der Waals surface area contributed by atoms with Gasteiger partial charge < -0.3 is 10.6 Å². The molecule has 1 aliphatic carbocycles. The summed E-state index contributed by atoms with van der Waals surface area (Å²) in [7, 11) is 0. The van der Waals surface area contributed by atoms with Gasteiger partial charge in [-0.1, -0.05) is 39.2 Å². The van der Waals surface area contributed by atoms with Crippen LogP contribution in [0.5, 0.6) is 0 Å². The molecule has 2 N–H and O–H groups in total. The van der Waals surface area contributed by atoms with Crippen LogP contribution in [-0.4, -0.2) is 17.4 Å². The number of rotatable bonds is 6. The lowest BCUT2D eigenvalue weighted by atomic mass is 9.89. The van der Waals surface area contributed by atoms with E-state index in [1.54, 1.807) is 18.3 Å². The Morgan fingerprint density at radius 1 is 1.22 bits per heavy atom. The smallest absolute Gasteiger partial charge is 0.253 e. The van der Waals surface area contributed by atoms with Crippen LogP contribution in [0.25, 0.3) is 0 Å². The Hall–Kier alpha value is -2.43. The number of carbonyl (C=O) groups excluding carboxylic acids is 1. The zero-order chi connectivity index (χ0) is 19.2. The average Bonchev–Trinajstić information content (AvgIpc) is 2.67. The highest BCUT2D eigenvalue weighted by Crippen LogP contribution is 2.25. The molecule has 1 fully saturated rings. The van der Waals surface area contributed by atoms with Gasteiger partial charge >= 0.3 is 0 Å². The lowest BCUT2D eigenvalue weighted by Crippen LogP contribution is -2.31. The number of aromatic nitrogens is 1. The quantitative estimate of drug-likeness (QED) is 0.717. The molecule has 0 atom stereocenters. The summed E-state index contributed by atoms with van der Waals surface area (Å²) in [5.41, 5.74) is 2.18. The van der Waals surface area contributed by atoms with E-state index in [1.165, 1.54) is 44.2 Å². The Kier molecular flexibility index (Phi) is 6.43. The molecule has 144 valence electrons. The number of carbonyl (C=O) groups is 1. The van der Waals surface area contributed by atoms with Crippen molar-refractivity contribution in [1.82, 2.24) is 10.3 Å². The van der Waals surface area contributed by atoms with Crippen LogP contribution in [0.3, 0.4) is 0 Å². The minimum atomic E-state index is -0.303. The Morgan fingerprint density at radius 3 is 2.70 bits per heavy atom. The maximum Gasteiger partial charge on any atom is 0.253 e. The molecule has 27 heavy (non-hydrogen) atoms. The van der Waals surface area contributed by atoms with Crippen LogP contribution in [0.4, 0.5) is 15.9 Å². The summed E-state index contributed by atoms with van der Waals surface area (Å²) in [5.74, 6) is 1.01. The molecule has 1 aromatic carbocycles. The molecule has 0 bridgehead atoms. The number of anilines is 2. The second kappa shape index (κ2) is 8.98. The molecule has 0 unspecified atom stereocenters. The van der Waals surface area contributed by atoms with Crippen LogP contribution in [0.2, 0.25) is 0 Å². The Balaban J connectivity index is 1.71. The van der Waals surface area contributed by atoms with Crippen LogP contribution in [0.1, 0.15) is 67.8 Å². The number of halogens is 1. The van der Waals surface area contributed by atoms with Crippen LogP contribution < -0.4 is 10.6 Å². The monoisotopic (exact) mass is 369 g/mol. The number of benzene rings is 1. The van der Waals surface area contributed by atoms with Crippen molar-refractivity contribution < 1.29 is 9.18 Å². The van der Waals surface area contributed by atoms with Crippen molar-refractivity contribution in [2.45, 2.75) is 51.9 Å². The van der Waals surface area contributed by atoms with Crippen molar-refractivity contribution in [2.75, 3.05) is 11.9 Å². The minimum Gasteiger partial charge on any atom is -0.352 e.